The van der Waals surface area contributed by atoms with Crippen LogP contribution >= 0.6 is 0 Å². The topological polar surface area (TPSA) is 191 Å². The summed E-state index contributed by atoms with van der Waals surface area (Å²) in [6.45, 7) is 12.8. The van der Waals surface area contributed by atoms with E-state index in [1.54, 1.807) is 27.7 Å². The van der Waals surface area contributed by atoms with Crippen LogP contribution in [0.3, 0.4) is 0 Å². The third-order valence-corrected chi connectivity index (χ3v) is 9.90. The number of carbonyl (C=O) groups excluding carboxylic acids is 6. The standard InChI is InChI=1S/C32H44O14/c1-10-11-23(37)45-26-14(2)12-22-32(31(9,46-32)29(39)44-22)27(42-18(6)35)24-15(3)20(40-16(4)33)13-21(41-17(5)34)30(24,8)28(25(26)38)43-19(7)36/h12,15,20-22,24-28,38H,10-11,13H2,1-9H3/b14-12-/t15-,20-,21-,22-,24+,25-,26?,27?,28-,30-,31-,32+/m0/s1. The molecule has 1 spiro atoms. The molecule has 0 aromatic carbocycles. The maximum absolute atomic E-state index is 13.3. The van der Waals surface area contributed by atoms with E-state index in [0.29, 0.717) is 6.42 Å². The molecule has 46 heavy (non-hydrogen) atoms. The largest absolute Gasteiger partial charge is 0.462 e. The molecule has 12 atom stereocenters. The summed E-state index contributed by atoms with van der Waals surface area (Å²) >= 11 is 0. The van der Waals surface area contributed by atoms with Gasteiger partial charge >= 0.3 is 35.8 Å². The van der Waals surface area contributed by atoms with Crippen LogP contribution in [0.4, 0.5) is 0 Å². The molecule has 3 fully saturated rings. The van der Waals surface area contributed by atoms with E-state index in [1.807, 2.05) is 0 Å². The number of hydrogen-bond acceptors (Lipinski definition) is 14. The van der Waals surface area contributed by atoms with Crippen molar-refractivity contribution in [3.8, 4) is 0 Å². The highest BCUT2D eigenvalue weighted by Gasteiger charge is 2.87. The number of rotatable bonds is 7. The van der Waals surface area contributed by atoms with E-state index in [4.69, 9.17) is 33.2 Å². The summed E-state index contributed by atoms with van der Waals surface area (Å²) in [5, 5.41) is 12.2. The second kappa shape index (κ2) is 12.6. The predicted molar refractivity (Wildman–Crippen MR) is 154 cm³/mol. The molecule has 0 aromatic rings. The summed E-state index contributed by atoms with van der Waals surface area (Å²) < 4.78 is 41.3. The molecule has 2 heterocycles. The summed E-state index contributed by atoms with van der Waals surface area (Å²) in [4.78, 5) is 76.7. The normalized spacial score (nSPS) is 42.3. The number of fused-ring (bicyclic) bond motifs is 1. The van der Waals surface area contributed by atoms with E-state index in [9.17, 15) is 33.9 Å². The van der Waals surface area contributed by atoms with Crippen LogP contribution in [0.2, 0.25) is 0 Å². The van der Waals surface area contributed by atoms with Crippen LogP contribution in [-0.4, -0.2) is 94.9 Å². The molecule has 14 nitrogen and oxygen atoms in total. The molecule has 0 amide bonds. The van der Waals surface area contributed by atoms with Gasteiger partial charge in [-0.3, -0.25) is 24.0 Å². The minimum absolute atomic E-state index is 0.0177. The molecular formula is C32H44O14. The van der Waals surface area contributed by atoms with Crippen molar-refractivity contribution in [1.29, 1.82) is 0 Å². The van der Waals surface area contributed by atoms with Crippen molar-refractivity contribution in [3.05, 3.63) is 11.6 Å². The highest BCUT2D eigenvalue weighted by Crippen LogP contribution is 2.66. The summed E-state index contributed by atoms with van der Waals surface area (Å²) in [6, 6.07) is 0. The molecule has 1 N–H and O–H groups in total. The average Bonchev–Trinajstić information content (AvgIpc) is 3.52. The third-order valence-electron chi connectivity index (χ3n) is 9.90. The minimum atomic E-state index is -1.76. The third kappa shape index (κ3) is 5.78. The van der Waals surface area contributed by atoms with Gasteiger partial charge in [0.15, 0.2) is 23.4 Å². The Morgan fingerprint density at radius 3 is 2.00 bits per heavy atom. The van der Waals surface area contributed by atoms with Crippen molar-refractivity contribution in [2.24, 2.45) is 17.3 Å². The first-order valence-electron chi connectivity index (χ1n) is 15.5. The maximum atomic E-state index is 13.3. The van der Waals surface area contributed by atoms with Gasteiger partial charge in [-0.1, -0.05) is 20.8 Å². The van der Waals surface area contributed by atoms with Crippen molar-refractivity contribution >= 4 is 35.8 Å². The summed E-state index contributed by atoms with van der Waals surface area (Å²) in [6.07, 6.45) is -7.65. The molecule has 2 unspecified atom stereocenters. The Kier molecular flexibility index (Phi) is 9.67. The van der Waals surface area contributed by atoms with E-state index in [2.05, 4.69) is 0 Å². The van der Waals surface area contributed by atoms with Crippen LogP contribution in [0.15, 0.2) is 11.6 Å². The summed E-state index contributed by atoms with van der Waals surface area (Å²) in [5.74, 6) is -6.17. The zero-order chi connectivity index (χ0) is 34.5. The molecule has 4 aliphatic rings. The minimum Gasteiger partial charge on any atom is -0.462 e. The number of aliphatic hydroxyl groups excluding tert-OH is 1. The first-order valence-corrected chi connectivity index (χ1v) is 15.5. The van der Waals surface area contributed by atoms with E-state index in [-0.39, 0.29) is 18.4 Å². The smallest absolute Gasteiger partial charge is 0.342 e. The second-order valence-electron chi connectivity index (χ2n) is 13.1. The first-order chi connectivity index (χ1) is 21.3. The molecule has 0 radical (unpaired) electrons. The molecule has 2 saturated heterocycles. The van der Waals surface area contributed by atoms with Crippen LogP contribution in [0.5, 0.6) is 0 Å². The number of esters is 6. The number of aliphatic hydroxyl groups is 1. The fourth-order valence-electron chi connectivity index (χ4n) is 7.90. The number of hydrogen-bond donors (Lipinski definition) is 1. The average molecular weight is 653 g/mol. The van der Waals surface area contributed by atoms with Gasteiger partial charge in [0.2, 0.25) is 0 Å². The summed E-state index contributed by atoms with van der Waals surface area (Å²) in [7, 11) is 0. The van der Waals surface area contributed by atoms with E-state index >= 15 is 0 Å². The van der Waals surface area contributed by atoms with E-state index in [0.717, 1.165) is 6.92 Å². The van der Waals surface area contributed by atoms with Gasteiger partial charge in [-0.2, -0.15) is 0 Å². The van der Waals surface area contributed by atoms with Crippen molar-refractivity contribution < 1.29 is 67.0 Å². The Balaban J connectivity index is 2.09. The Hall–Kier alpha value is -3.52. The Morgan fingerprint density at radius 1 is 0.913 bits per heavy atom. The van der Waals surface area contributed by atoms with Crippen LogP contribution in [0.1, 0.15) is 81.6 Å². The zero-order valence-corrected chi connectivity index (χ0v) is 27.6. The van der Waals surface area contributed by atoms with Gasteiger partial charge in [-0.15, -0.1) is 0 Å². The lowest BCUT2D eigenvalue weighted by atomic mass is 9.52. The molecule has 2 aliphatic carbocycles. The van der Waals surface area contributed by atoms with Crippen LogP contribution in [-0.2, 0) is 61.9 Å². The van der Waals surface area contributed by atoms with E-state index in [1.165, 1.54) is 33.8 Å². The molecule has 1 saturated carbocycles. The maximum Gasteiger partial charge on any atom is 0.342 e. The lowest BCUT2D eigenvalue weighted by Gasteiger charge is -2.57. The molecule has 14 heteroatoms. The van der Waals surface area contributed by atoms with Gasteiger partial charge < -0.3 is 38.3 Å². The lowest BCUT2D eigenvalue weighted by Crippen LogP contribution is -2.69. The van der Waals surface area contributed by atoms with Gasteiger partial charge in [-0.05, 0) is 31.9 Å². The molecule has 0 aromatic heterocycles. The lowest BCUT2D eigenvalue weighted by molar-refractivity contribution is -0.251. The fraction of sp³-hybridized carbons (Fsp3) is 0.750. The SMILES string of the molecule is CCCC(=O)OC1/C(C)=C\[C@@H]2OC(=O)[C@]3(C)O[C@@]23C(OC(C)=O)[C@H]2[C@@H](C)[C@@H](OC(C)=O)C[C@H](OC(C)=O)[C@]2(C)[C@@H](OC(C)=O)[C@H]1O. The van der Waals surface area contributed by atoms with Crippen molar-refractivity contribution in [2.75, 3.05) is 0 Å². The van der Waals surface area contributed by atoms with Crippen molar-refractivity contribution in [3.63, 3.8) is 0 Å². The Labute approximate surface area is 267 Å². The zero-order valence-electron chi connectivity index (χ0n) is 27.6. The summed E-state index contributed by atoms with van der Waals surface area (Å²) in [5.41, 5.74) is -4.68. The number of ether oxygens (including phenoxy) is 7. The molecule has 2 aliphatic heterocycles. The highest BCUT2D eigenvalue weighted by molar-refractivity contribution is 5.89. The predicted octanol–water partition coefficient (Wildman–Crippen LogP) is 1.86. The van der Waals surface area contributed by atoms with Gasteiger partial charge in [-0.25, -0.2) is 4.79 Å². The number of carbonyl (C=O) groups is 6. The Morgan fingerprint density at radius 2 is 1.48 bits per heavy atom. The van der Waals surface area contributed by atoms with Gasteiger partial charge in [0.05, 0.1) is 5.41 Å². The van der Waals surface area contributed by atoms with Crippen LogP contribution < -0.4 is 0 Å². The fourth-order valence-corrected chi connectivity index (χ4v) is 7.90. The monoisotopic (exact) mass is 652 g/mol. The second-order valence-corrected chi connectivity index (χ2v) is 13.1. The Bertz CT molecular complexity index is 1320. The van der Waals surface area contributed by atoms with Crippen molar-refractivity contribution in [2.45, 2.75) is 136 Å². The van der Waals surface area contributed by atoms with Crippen LogP contribution in [0, 0.1) is 17.3 Å². The van der Waals surface area contributed by atoms with Crippen LogP contribution in [0.25, 0.3) is 0 Å². The first kappa shape index (κ1) is 35.3. The quantitative estimate of drug-likeness (QED) is 0.181. The highest BCUT2D eigenvalue weighted by atomic mass is 16.7. The van der Waals surface area contributed by atoms with Gasteiger partial charge in [0.1, 0.15) is 30.5 Å². The van der Waals surface area contributed by atoms with E-state index < -0.39 is 107 Å². The van der Waals surface area contributed by atoms with Gasteiger partial charge in [0.25, 0.3) is 0 Å². The number of epoxide rings is 1. The van der Waals surface area contributed by atoms with Crippen molar-refractivity contribution in [1.82, 2.24) is 0 Å². The molecule has 256 valence electrons. The molecular weight excluding hydrogens is 608 g/mol. The molecule has 0 bridgehead atoms. The molecule has 4 rings (SSSR count). The van der Waals surface area contributed by atoms with Gasteiger partial charge in [0, 0.05) is 52.4 Å².